The second-order valence-electron chi connectivity index (χ2n) is 6.72. The third-order valence-corrected chi connectivity index (χ3v) is 5.24. The molecular formula is C18H29ClN2. The number of benzene rings is 1. The molecule has 1 fully saturated rings. The maximum absolute atomic E-state index is 6.45. The molecule has 1 aliphatic rings. The van der Waals surface area contributed by atoms with Gasteiger partial charge in [0.15, 0.2) is 0 Å². The van der Waals surface area contributed by atoms with Crippen molar-refractivity contribution >= 4 is 17.3 Å². The SMILES string of the molecule is CCC(N)Cc1ccc(N2CCC(C(C)C)CC2)cc1Cl. The van der Waals surface area contributed by atoms with Crippen LogP contribution in [-0.4, -0.2) is 19.1 Å². The predicted molar refractivity (Wildman–Crippen MR) is 93.2 cm³/mol. The molecule has 0 aliphatic carbocycles. The molecule has 1 aromatic carbocycles. The lowest BCUT2D eigenvalue weighted by Gasteiger charge is -2.35. The second-order valence-corrected chi connectivity index (χ2v) is 7.12. The largest absolute Gasteiger partial charge is 0.371 e. The van der Waals surface area contributed by atoms with Gasteiger partial charge in [-0.2, -0.15) is 0 Å². The van der Waals surface area contributed by atoms with E-state index >= 15 is 0 Å². The minimum absolute atomic E-state index is 0.204. The van der Waals surface area contributed by atoms with Crippen LogP contribution in [0.15, 0.2) is 18.2 Å². The highest BCUT2D eigenvalue weighted by molar-refractivity contribution is 6.31. The van der Waals surface area contributed by atoms with E-state index in [1.54, 1.807) is 0 Å². The Bertz CT molecular complexity index is 451. The lowest BCUT2D eigenvalue weighted by atomic mass is 9.86. The number of rotatable bonds is 5. The molecule has 21 heavy (non-hydrogen) atoms. The van der Waals surface area contributed by atoms with Crippen LogP contribution in [0.1, 0.15) is 45.6 Å². The summed E-state index contributed by atoms with van der Waals surface area (Å²) in [7, 11) is 0. The molecule has 1 unspecified atom stereocenters. The minimum Gasteiger partial charge on any atom is -0.371 e. The Morgan fingerprint density at radius 2 is 1.95 bits per heavy atom. The molecule has 2 N–H and O–H groups in total. The molecular weight excluding hydrogens is 280 g/mol. The molecule has 1 aliphatic heterocycles. The van der Waals surface area contributed by atoms with Gasteiger partial charge in [-0.05, 0) is 55.2 Å². The summed E-state index contributed by atoms with van der Waals surface area (Å²) in [5.74, 6) is 1.67. The maximum atomic E-state index is 6.45. The Labute approximate surface area is 134 Å². The van der Waals surface area contributed by atoms with Crippen LogP contribution in [0.25, 0.3) is 0 Å². The molecule has 0 bridgehead atoms. The van der Waals surface area contributed by atoms with Gasteiger partial charge < -0.3 is 10.6 Å². The van der Waals surface area contributed by atoms with E-state index in [9.17, 15) is 0 Å². The zero-order valence-electron chi connectivity index (χ0n) is 13.6. The lowest BCUT2D eigenvalue weighted by Crippen LogP contribution is -2.35. The summed E-state index contributed by atoms with van der Waals surface area (Å²) in [6.45, 7) is 9.08. The number of nitrogens with zero attached hydrogens (tertiary/aromatic N) is 1. The molecule has 0 spiro atoms. The van der Waals surface area contributed by atoms with Gasteiger partial charge in [-0.3, -0.25) is 0 Å². The number of halogens is 1. The fourth-order valence-electron chi connectivity index (χ4n) is 3.15. The molecule has 0 saturated carbocycles. The van der Waals surface area contributed by atoms with Gasteiger partial charge in [-0.1, -0.05) is 38.4 Å². The molecule has 1 atom stereocenters. The first-order chi connectivity index (χ1) is 10.0. The number of nitrogens with two attached hydrogens (primary N) is 1. The Morgan fingerprint density at radius 1 is 1.29 bits per heavy atom. The van der Waals surface area contributed by atoms with E-state index in [1.807, 2.05) is 0 Å². The van der Waals surface area contributed by atoms with Crippen LogP contribution in [0.5, 0.6) is 0 Å². The van der Waals surface area contributed by atoms with Crippen molar-refractivity contribution in [2.45, 2.75) is 52.5 Å². The maximum Gasteiger partial charge on any atom is 0.0459 e. The first kappa shape index (κ1) is 16.6. The summed E-state index contributed by atoms with van der Waals surface area (Å²) in [6, 6.07) is 6.69. The molecule has 118 valence electrons. The summed E-state index contributed by atoms with van der Waals surface area (Å²) >= 11 is 6.45. The van der Waals surface area contributed by atoms with Gasteiger partial charge in [0.05, 0.1) is 0 Å². The Morgan fingerprint density at radius 3 is 2.48 bits per heavy atom. The number of hydrogen-bond acceptors (Lipinski definition) is 2. The first-order valence-electron chi connectivity index (χ1n) is 8.30. The standard InChI is InChI=1S/C18H29ClN2/c1-4-16(20)11-15-5-6-17(12-18(15)19)21-9-7-14(8-10-21)13(2)3/h5-6,12-14,16H,4,7-11,20H2,1-3H3. The van der Waals surface area contributed by atoms with Gasteiger partial charge in [0.25, 0.3) is 0 Å². The molecule has 0 aromatic heterocycles. The van der Waals surface area contributed by atoms with Crippen LogP contribution in [0, 0.1) is 11.8 Å². The predicted octanol–water partition coefficient (Wildman–Crippen LogP) is 4.49. The fraction of sp³-hybridized carbons (Fsp3) is 0.667. The summed E-state index contributed by atoms with van der Waals surface area (Å²) in [4.78, 5) is 2.47. The van der Waals surface area contributed by atoms with Gasteiger partial charge in [-0.25, -0.2) is 0 Å². The van der Waals surface area contributed by atoms with Gasteiger partial charge >= 0.3 is 0 Å². The van der Waals surface area contributed by atoms with Crippen LogP contribution in [0.2, 0.25) is 5.02 Å². The van der Waals surface area contributed by atoms with E-state index < -0.39 is 0 Å². The van der Waals surface area contributed by atoms with Crippen LogP contribution in [0.3, 0.4) is 0 Å². The molecule has 1 aromatic rings. The molecule has 1 heterocycles. The summed E-state index contributed by atoms with van der Waals surface area (Å²) in [5.41, 5.74) is 8.46. The molecule has 0 amide bonds. The fourth-order valence-corrected chi connectivity index (χ4v) is 3.40. The van der Waals surface area contributed by atoms with Gasteiger partial charge in [0.2, 0.25) is 0 Å². The van der Waals surface area contributed by atoms with Crippen molar-refractivity contribution in [2.75, 3.05) is 18.0 Å². The smallest absolute Gasteiger partial charge is 0.0459 e. The average molecular weight is 309 g/mol. The second kappa shape index (κ2) is 7.51. The number of anilines is 1. The normalized spacial score (nSPS) is 18.3. The molecule has 3 heteroatoms. The zero-order chi connectivity index (χ0) is 15.4. The average Bonchev–Trinajstić information content (AvgIpc) is 2.49. The van der Waals surface area contributed by atoms with Crippen molar-refractivity contribution in [3.63, 3.8) is 0 Å². The molecule has 1 saturated heterocycles. The highest BCUT2D eigenvalue weighted by atomic mass is 35.5. The van der Waals surface area contributed by atoms with Gasteiger partial charge in [0.1, 0.15) is 0 Å². The molecule has 2 nitrogen and oxygen atoms in total. The molecule has 2 rings (SSSR count). The summed E-state index contributed by atoms with van der Waals surface area (Å²) in [5, 5.41) is 0.863. The third-order valence-electron chi connectivity index (χ3n) is 4.89. The summed E-state index contributed by atoms with van der Waals surface area (Å²) in [6.07, 6.45) is 4.43. The highest BCUT2D eigenvalue weighted by Crippen LogP contribution is 2.30. The van der Waals surface area contributed by atoms with Crippen molar-refractivity contribution < 1.29 is 0 Å². The van der Waals surface area contributed by atoms with Crippen molar-refractivity contribution in [1.82, 2.24) is 0 Å². The van der Waals surface area contributed by atoms with E-state index in [1.165, 1.54) is 24.1 Å². The Hall–Kier alpha value is -0.730. The van der Waals surface area contributed by atoms with Gasteiger partial charge in [-0.15, -0.1) is 0 Å². The van der Waals surface area contributed by atoms with E-state index in [0.29, 0.717) is 0 Å². The summed E-state index contributed by atoms with van der Waals surface area (Å²) < 4.78 is 0. The van der Waals surface area contributed by atoms with Crippen molar-refractivity contribution in [2.24, 2.45) is 17.6 Å². The lowest BCUT2D eigenvalue weighted by molar-refractivity contribution is 0.311. The van der Waals surface area contributed by atoms with Crippen molar-refractivity contribution in [1.29, 1.82) is 0 Å². The molecule has 0 radical (unpaired) electrons. The quantitative estimate of drug-likeness (QED) is 0.868. The minimum atomic E-state index is 0.204. The topological polar surface area (TPSA) is 29.3 Å². The van der Waals surface area contributed by atoms with Crippen molar-refractivity contribution in [3.8, 4) is 0 Å². The Kier molecular flexibility index (Phi) is 5.95. The zero-order valence-corrected chi connectivity index (χ0v) is 14.4. The van der Waals surface area contributed by atoms with E-state index in [2.05, 4.69) is 43.9 Å². The number of piperidine rings is 1. The van der Waals surface area contributed by atoms with E-state index in [0.717, 1.165) is 42.8 Å². The van der Waals surface area contributed by atoms with Crippen LogP contribution >= 0.6 is 11.6 Å². The van der Waals surface area contributed by atoms with Gasteiger partial charge in [0, 0.05) is 29.8 Å². The van der Waals surface area contributed by atoms with Crippen LogP contribution in [-0.2, 0) is 6.42 Å². The van der Waals surface area contributed by atoms with E-state index in [4.69, 9.17) is 17.3 Å². The third kappa shape index (κ3) is 4.37. The highest BCUT2D eigenvalue weighted by Gasteiger charge is 2.22. The van der Waals surface area contributed by atoms with Crippen LogP contribution in [0.4, 0.5) is 5.69 Å². The Balaban J connectivity index is 2.00. The first-order valence-corrected chi connectivity index (χ1v) is 8.68. The van der Waals surface area contributed by atoms with Crippen molar-refractivity contribution in [3.05, 3.63) is 28.8 Å². The monoisotopic (exact) mass is 308 g/mol. The van der Waals surface area contributed by atoms with E-state index in [-0.39, 0.29) is 6.04 Å². The van der Waals surface area contributed by atoms with Crippen LogP contribution < -0.4 is 10.6 Å². The number of hydrogen-bond donors (Lipinski definition) is 1.